The Morgan fingerprint density at radius 3 is 2.68 bits per heavy atom. The molecule has 1 aromatic heterocycles. The van der Waals surface area contributed by atoms with Crippen LogP contribution >= 0.6 is 0 Å². The van der Waals surface area contributed by atoms with E-state index in [9.17, 15) is 9.90 Å². The van der Waals surface area contributed by atoms with Gasteiger partial charge in [0.25, 0.3) is 5.91 Å². The third-order valence-corrected chi connectivity index (χ3v) is 4.32. The lowest BCUT2D eigenvalue weighted by Gasteiger charge is -2.37. The Bertz CT molecular complexity index is 635. The second-order valence-electron chi connectivity index (χ2n) is 5.76. The number of aliphatic hydroxyl groups is 1. The van der Waals surface area contributed by atoms with E-state index < -0.39 is 0 Å². The van der Waals surface area contributed by atoms with Gasteiger partial charge in [0.2, 0.25) is 0 Å². The zero-order valence-electron chi connectivity index (χ0n) is 12.5. The molecular formula is C16H20N4O2. The summed E-state index contributed by atoms with van der Waals surface area (Å²) in [6.07, 6.45) is 5.34. The van der Waals surface area contributed by atoms with Crippen LogP contribution in [0.5, 0.6) is 0 Å². The van der Waals surface area contributed by atoms with Gasteiger partial charge in [0, 0.05) is 6.04 Å². The normalized spacial score (nSPS) is 21.9. The van der Waals surface area contributed by atoms with E-state index in [1.165, 1.54) is 0 Å². The summed E-state index contributed by atoms with van der Waals surface area (Å²) in [5.41, 5.74) is 1.36. The van der Waals surface area contributed by atoms with Crippen molar-refractivity contribution in [3.05, 3.63) is 42.5 Å². The number of nitrogens with one attached hydrogen (secondary N) is 1. The van der Waals surface area contributed by atoms with Crippen molar-refractivity contribution >= 4 is 5.91 Å². The smallest absolute Gasteiger partial charge is 0.253 e. The van der Waals surface area contributed by atoms with Gasteiger partial charge in [-0.05, 0) is 37.3 Å². The summed E-state index contributed by atoms with van der Waals surface area (Å²) in [5.74, 6) is 0.267. The van der Waals surface area contributed by atoms with Crippen molar-refractivity contribution in [3.8, 4) is 5.69 Å². The van der Waals surface area contributed by atoms with Gasteiger partial charge in [0.15, 0.2) is 0 Å². The van der Waals surface area contributed by atoms with E-state index in [1.54, 1.807) is 23.3 Å². The minimum atomic E-state index is -0.208. The van der Waals surface area contributed by atoms with Crippen LogP contribution < -0.4 is 5.32 Å². The quantitative estimate of drug-likeness (QED) is 0.878. The molecule has 3 rings (SSSR count). The number of rotatable bonds is 5. The van der Waals surface area contributed by atoms with Crippen molar-refractivity contribution in [3.63, 3.8) is 0 Å². The lowest BCUT2D eigenvalue weighted by Crippen LogP contribution is -2.46. The Morgan fingerprint density at radius 2 is 2.05 bits per heavy atom. The monoisotopic (exact) mass is 300 g/mol. The summed E-state index contributed by atoms with van der Waals surface area (Å²) >= 11 is 0. The van der Waals surface area contributed by atoms with Crippen molar-refractivity contribution in [2.24, 2.45) is 5.92 Å². The summed E-state index contributed by atoms with van der Waals surface area (Å²) in [6, 6.07) is 7.49. The average molecular weight is 300 g/mol. The number of aromatic nitrogens is 3. The molecule has 1 saturated carbocycles. The molecule has 22 heavy (non-hydrogen) atoms. The molecule has 6 nitrogen and oxygen atoms in total. The van der Waals surface area contributed by atoms with Crippen LogP contribution in [0, 0.1) is 5.92 Å². The highest BCUT2D eigenvalue weighted by Gasteiger charge is 2.34. The minimum Gasteiger partial charge on any atom is -0.393 e. The van der Waals surface area contributed by atoms with Gasteiger partial charge < -0.3 is 10.4 Å². The number of carbonyl (C=O) groups excluding carboxylic acids is 1. The molecule has 1 aliphatic carbocycles. The molecule has 1 aromatic carbocycles. The third kappa shape index (κ3) is 2.87. The summed E-state index contributed by atoms with van der Waals surface area (Å²) in [4.78, 5) is 12.6. The van der Waals surface area contributed by atoms with Crippen molar-refractivity contribution in [1.29, 1.82) is 0 Å². The maximum absolute atomic E-state index is 12.6. The van der Waals surface area contributed by atoms with Crippen LogP contribution in [0.15, 0.2) is 36.9 Å². The molecule has 0 spiro atoms. The summed E-state index contributed by atoms with van der Waals surface area (Å²) in [6.45, 7) is 2.06. The minimum absolute atomic E-state index is 0.0995. The molecule has 6 heteroatoms. The van der Waals surface area contributed by atoms with Gasteiger partial charge in [0.1, 0.15) is 12.7 Å². The van der Waals surface area contributed by atoms with Gasteiger partial charge in [-0.2, -0.15) is 0 Å². The summed E-state index contributed by atoms with van der Waals surface area (Å²) in [5, 5.41) is 20.1. The predicted octanol–water partition coefficient (Wildman–Crippen LogP) is 1.55. The Hall–Kier alpha value is -2.21. The van der Waals surface area contributed by atoms with E-state index in [0.29, 0.717) is 11.5 Å². The van der Waals surface area contributed by atoms with E-state index in [-0.39, 0.29) is 18.1 Å². The highest BCUT2D eigenvalue weighted by Crippen LogP contribution is 2.31. The van der Waals surface area contributed by atoms with Gasteiger partial charge in [-0.15, -0.1) is 10.2 Å². The average Bonchev–Trinajstić information content (AvgIpc) is 3.04. The van der Waals surface area contributed by atoms with Crippen LogP contribution in [0.4, 0.5) is 0 Å². The third-order valence-electron chi connectivity index (χ3n) is 4.32. The van der Waals surface area contributed by atoms with E-state index in [1.807, 2.05) is 18.2 Å². The highest BCUT2D eigenvalue weighted by molar-refractivity contribution is 5.98. The number of hydrogen-bond donors (Lipinski definition) is 2. The molecule has 2 N–H and O–H groups in total. The zero-order valence-corrected chi connectivity index (χ0v) is 12.5. The fourth-order valence-electron chi connectivity index (χ4n) is 2.97. The molecule has 0 unspecified atom stereocenters. The van der Waals surface area contributed by atoms with Gasteiger partial charge in [-0.25, -0.2) is 0 Å². The zero-order chi connectivity index (χ0) is 15.5. The Kier molecular flexibility index (Phi) is 4.20. The van der Waals surface area contributed by atoms with Crippen LogP contribution in [0.25, 0.3) is 5.69 Å². The van der Waals surface area contributed by atoms with Crippen LogP contribution in [0.3, 0.4) is 0 Å². The number of carbonyl (C=O) groups is 1. The summed E-state index contributed by atoms with van der Waals surface area (Å²) in [7, 11) is 0. The molecule has 1 amide bonds. The lowest BCUT2D eigenvalue weighted by molar-refractivity contribution is 0.0232. The second-order valence-corrected chi connectivity index (χ2v) is 5.76. The molecule has 116 valence electrons. The number of para-hydroxylation sites is 1. The molecule has 0 saturated heterocycles. The second kappa shape index (κ2) is 6.27. The fourth-order valence-corrected chi connectivity index (χ4v) is 2.97. The van der Waals surface area contributed by atoms with Crippen molar-refractivity contribution in [2.45, 2.75) is 38.3 Å². The van der Waals surface area contributed by atoms with Crippen molar-refractivity contribution in [1.82, 2.24) is 20.1 Å². The van der Waals surface area contributed by atoms with E-state index >= 15 is 0 Å². The topological polar surface area (TPSA) is 80.0 Å². The van der Waals surface area contributed by atoms with Crippen LogP contribution in [-0.2, 0) is 0 Å². The molecule has 1 heterocycles. The van der Waals surface area contributed by atoms with Crippen molar-refractivity contribution < 1.29 is 9.90 Å². The first-order valence-corrected chi connectivity index (χ1v) is 7.62. The Labute approximate surface area is 129 Å². The first-order chi connectivity index (χ1) is 10.7. The number of aliphatic hydroxyl groups excluding tert-OH is 1. The molecule has 1 atom stereocenters. The number of hydrogen-bond acceptors (Lipinski definition) is 4. The van der Waals surface area contributed by atoms with Gasteiger partial charge in [-0.3, -0.25) is 9.36 Å². The van der Waals surface area contributed by atoms with Crippen LogP contribution in [0.1, 0.15) is 36.5 Å². The molecule has 0 aliphatic heterocycles. The summed E-state index contributed by atoms with van der Waals surface area (Å²) < 4.78 is 1.73. The van der Waals surface area contributed by atoms with Crippen molar-refractivity contribution in [2.75, 3.05) is 0 Å². The van der Waals surface area contributed by atoms with Gasteiger partial charge in [0.05, 0.1) is 17.4 Å². The van der Waals surface area contributed by atoms with E-state index in [4.69, 9.17) is 0 Å². The maximum atomic E-state index is 12.6. The largest absolute Gasteiger partial charge is 0.393 e. The van der Waals surface area contributed by atoms with E-state index in [0.717, 1.165) is 24.9 Å². The van der Waals surface area contributed by atoms with Crippen LogP contribution in [-0.4, -0.2) is 37.9 Å². The Morgan fingerprint density at radius 1 is 1.36 bits per heavy atom. The lowest BCUT2D eigenvalue weighted by atomic mass is 9.76. The SMILES string of the molecule is CC[C@@H](NC(=O)c1ccccc1-n1cnnc1)C1CC(O)C1. The number of benzene rings is 1. The standard InChI is InChI=1S/C16H20N4O2/c1-2-14(11-7-12(21)8-11)19-16(22)13-5-3-4-6-15(13)20-9-17-18-10-20/h3-6,9-12,14,21H,2,7-8H2,1H3,(H,19,22)/t11?,12?,14-/m1/s1. The maximum Gasteiger partial charge on any atom is 0.253 e. The predicted molar refractivity (Wildman–Crippen MR) is 81.6 cm³/mol. The number of amides is 1. The van der Waals surface area contributed by atoms with Gasteiger partial charge in [-0.1, -0.05) is 19.1 Å². The van der Waals surface area contributed by atoms with Gasteiger partial charge >= 0.3 is 0 Å². The molecule has 0 bridgehead atoms. The first-order valence-electron chi connectivity index (χ1n) is 7.62. The molecule has 0 radical (unpaired) electrons. The molecule has 1 fully saturated rings. The number of nitrogens with zero attached hydrogens (tertiary/aromatic N) is 3. The molecular weight excluding hydrogens is 280 g/mol. The Balaban J connectivity index is 1.78. The molecule has 2 aromatic rings. The van der Waals surface area contributed by atoms with Crippen LogP contribution in [0.2, 0.25) is 0 Å². The fraction of sp³-hybridized carbons (Fsp3) is 0.438. The van der Waals surface area contributed by atoms with E-state index in [2.05, 4.69) is 22.4 Å². The molecule has 1 aliphatic rings. The first kappa shape index (κ1) is 14.7. The highest BCUT2D eigenvalue weighted by atomic mass is 16.3.